The molecule has 0 radical (unpaired) electrons. The van der Waals surface area contributed by atoms with Gasteiger partial charge < -0.3 is 10.4 Å². The Bertz CT molecular complexity index is 795. The van der Waals surface area contributed by atoms with Crippen LogP contribution in [0.5, 0.6) is 0 Å². The number of carboxylic acids is 1. The number of hydrogen-bond acceptors (Lipinski definition) is 2. The molecule has 1 unspecified atom stereocenters. The van der Waals surface area contributed by atoms with Crippen molar-refractivity contribution >= 4 is 17.7 Å². The highest BCUT2D eigenvalue weighted by Gasteiger charge is 2.29. The van der Waals surface area contributed by atoms with Gasteiger partial charge in [-0.05, 0) is 36.5 Å². The van der Waals surface area contributed by atoms with Crippen molar-refractivity contribution < 1.29 is 19.1 Å². The second kappa shape index (κ2) is 7.99. The highest BCUT2D eigenvalue weighted by molar-refractivity contribution is 5.94. The molecule has 3 rings (SSSR count). The molecule has 0 fully saturated rings. The fourth-order valence-corrected chi connectivity index (χ4v) is 3.29. The van der Waals surface area contributed by atoms with Gasteiger partial charge in [0.15, 0.2) is 0 Å². The average molecular weight is 356 g/mol. The fraction of sp³-hybridized carbons (Fsp3) is 0.300. The van der Waals surface area contributed by atoms with Gasteiger partial charge in [0.25, 0.3) is 0 Å². The molecule has 0 aliphatic carbocycles. The minimum absolute atomic E-state index is 0.0390. The summed E-state index contributed by atoms with van der Waals surface area (Å²) in [6, 6.07) is 13.6. The first kappa shape index (κ1) is 17.9. The minimum atomic E-state index is -0.908. The molecule has 0 aromatic heterocycles. The summed E-state index contributed by atoms with van der Waals surface area (Å²) in [5, 5.41) is 11.9. The lowest BCUT2D eigenvalue weighted by Gasteiger charge is -2.24. The van der Waals surface area contributed by atoms with E-state index < -0.39 is 11.8 Å². The Morgan fingerprint density at radius 2 is 1.92 bits per heavy atom. The van der Waals surface area contributed by atoms with Gasteiger partial charge in [-0.3, -0.25) is 9.69 Å². The molecule has 0 saturated heterocycles. The lowest BCUT2D eigenvalue weighted by Crippen LogP contribution is -2.45. The molecule has 0 spiro atoms. The van der Waals surface area contributed by atoms with Gasteiger partial charge in [0.2, 0.25) is 0 Å². The second-order valence-corrected chi connectivity index (χ2v) is 6.42. The van der Waals surface area contributed by atoms with E-state index in [-0.39, 0.29) is 18.5 Å². The van der Waals surface area contributed by atoms with Gasteiger partial charge in [-0.2, -0.15) is 0 Å². The number of fused-ring (bicyclic) bond motifs is 1. The van der Waals surface area contributed by atoms with Gasteiger partial charge in [0.1, 0.15) is 5.82 Å². The lowest BCUT2D eigenvalue weighted by molar-refractivity contribution is -0.137. The van der Waals surface area contributed by atoms with E-state index in [9.17, 15) is 14.0 Å². The average Bonchev–Trinajstić information content (AvgIpc) is 3.06. The van der Waals surface area contributed by atoms with Crippen LogP contribution in [0.2, 0.25) is 0 Å². The van der Waals surface area contributed by atoms with Crippen LogP contribution in [0.4, 0.5) is 14.9 Å². The summed E-state index contributed by atoms with van der Waals surface area (Å²) in [5.74, 6) is -1.32. The Morgan fingerprint density at radius 3 is 2.65 bits per heavy atom. The van der Waals surface area contributed by atoms with Crippen molar-refractivity contribution in [3.05, 3.63) is 65.5 Å². The summed E-state index contributed by atoms with van der Waals surface area (Å²) in [5.41, 5.74) is 2.14. The number of benzene rings is 2. The van der Waals surface area contributed by atoms with Crippen molar-refractivity contribution in [2.45, 2.75) is 31.7 Å². The first-order chi connectivity index (χ1) is 12.5. The summed E-state index contributed by atoms with van der Waals surface area (Å²) in [4.78, 5) is 25.0. The molecule has 1 heterocycles. The number of rotatable bonds is 6. The maximum atomic E-state index is 14.1. The van der Waals surface area contributed by atoms with E-state index in [2.05, 4.69) is 5.32 Å². The Hall–Kier alpha value is -2.89. The van der Waals surface area contributed by atoms with E-state index in [1.54, 1.807) is 6.07 Å². The van der Waals surface area contributed by atoms with Crippen molar-refractivity contribution in [1.29, 1.82) is 0 Å². The van der Waals surface area contributed by atoms with Crippen LogP contribution in [0.3, 0.4) is 0 Å². The smallest absolute Gasteiger partial charge is 0.322 e. The third-order valence-electron chi connectivity index (χ3n) is 4.55. The van der Waals surface area contributed by atoms with Gasteiger partial charge >= 0.3 is 12.0 Å². The molecule has 26 heavy (non-hydrogen) atoms. The van der Waals surface area contributed by atoms with Gasteiger partial charge in [-0.1, -0.05) is 42.5 Å². The van der Waals surface area contributed by atoms with Gasteiger partial charge in [0.05, 0.1) is 5.69 Å². The number of carboxylic acid groups (broad SMARTS) is 1. The summed E-state index contributed by atoms with van der Waals surface area (Å²) in [6.07, 6.45) is 1.41. The quantitative estimate of drug-likeness (QED) is 0.834. The lowest BCUT2D eigenvalue weighted by atomic mass is 10.0. The minimum Gasteiger partial charge on any atom is -0.481 e. The number of aliphatic carboxylic acids is 1. The summed E-state index contributed by atoms with van der Waals surface area (Å²) >= 11 is 0. The number of nitrogens with one attached hydrogen (secondary N) is 1. The zero-order valence-corrected chi connectivity index (χ0v) is 14.3. The predicted octanol–water partition coefficient (Wildman–Crippen LogP) is 3.37. The molecule has 2 aromatic carbocycles. The van der Waals surface area contributed by atoms with E-state index in [4.69, 9.17) is 5.11 Å². The van der Waals surface area contributed by atoms with Crippen molar-refractivity contribution in [2.24, 2.45) is 0 Å². The third kappa shape index (κ3) is 4.20. The number of carbonyl (C=O) groups is 2. The van der Waals surface area contributed by atoms with Crippen molar-refractivity contribution in [2.75, 3.05) is 11.4 Å². The number of halogens is 1. The van der Waals surface area contributed by atoms with Gasteiger partial charge in [0, 0.05) is 19.0 Å². The maximum Gasteiger partial charge on any atom is 0.322 e. The number of para-hydroxylation sites is 1. The Morgan fingerprint density at radius 1 is 1.15 bits per heavy atom. The Balaban J connectivity index is 1.72. The highest BCUT2D eigenvalue weighted by Crippen LogP contribution is 2.30. The van der Waals surface area contributed by atoms with Gasteiger partial charge in [-0.15, -0.1) is 0 Å². The van der Waals surface area contributed by atoms with E-state index in [1.165, 1.54) is 11.0 Å². The van der Waals surface area contributed by atoms with Crippen LogP contribution in [0.1, 0.15) is 24.0 Å². The number of anilines is 1. The predicted molar refractivity (Wildman–Crippen MR) is 96.8 cm³/mol. The molecule has 5 nitrogen and oxygen atoms in total. The molecule has 1 aliphatic rings. The van der Waals surface area contributed by atoms with Gasteiger partial charge in [-0.25, -0.2) is 9.18 Å². The number of hydrogen-bond donors (Lipinski definition) is 2. The summed E-state index contributed by atoms with van der Waals surface area (Å²) in [6.45, 7) is 0.416. The molecule has 0 bridgehead atoms. The molecule has 136 valence electrons. The van der Waals surface area contributed by atoms with Crippen LogP contribution in [-0.4, -0.2) is 29.7 Å². The number of carbonyl (C=O) groups excluding carboxylic acids is 1. The maximum absolute atomic E-state index is 14.1. The Kier molecular flexibility index (Phi) is 5.51. The van der Waals surface area contributed by atoms with E-state index in [0.717, 1.165) is 11.1 Å². The molecule has 0 saturated carbocycles. The summed E-state index contributed by atoms with van der Waals surface area (Å²) in [7, 11) is 0. The van der Waals surface area contributed by atoms with Crippen LogP contribution in [-0.2, 0) is 17.6 Å². The van der Waals surface area contributed by atoms with Crippen LogP contribution in [0, 0.1) is 5.82 Å². The molecular formula is C20H21FN2O3. The van der Waals surface area contributed by atoms with E-state index in [0.29, 0.717) is 31.5 Å². The first-order valence-electron chi connectivity index (χ1n) is 8.65. The molecule has 2 N–H and O–H groups in total. The Labute approximate surface area is 151 Å². The first-order valence-corrected chi connectivity index (χ1v) is 8.65. The van der Waals surface area contributed by atoms with E-state index in [1.807, 2.05) is 36.4 Å². The van der Waals surface area contributed by atoms with Crippen LogP contribution < -0.4 is 10.2 Å². The number of urea groups is 1. The third-order valence-corrected chi connectivity index (χ3v) is 4.55. The van der Waals surface area contributed by atoms with Crippen molar-refractivity contribution in [1.82, 2.24) is 5.32 Å². The molecule has 2 aromatic rings. The largest absolute Gasteiger partial charge is 0.481 e. The topological polar surface area (TPSA) is 69.6 Å². The second-order valence-electron chi connectivity index (χ2n) is 6.42. The van der Waals surface area contributed by atoms with E-state index >= 15 is 0 Å². The molecule has 1 atom stereocenters. The zero-order valence-electron chi connectivity index (χ0n) is 14.3. The SMILES string of the molecule is O=C(O)CCC(Cc1ccccc1)NC(=O)N1CCc2cccc(F)c21. The molecule has 6 heteroatoms. The van der Waals surface area contributed by atoms with Crippen molar-refractivity contribution in [3.8, 4) is 0 Å². The molecular weight excluding hydrogens is 335 g/mol. The highest BCUT2D eigenvalue weighted by atomic mass is 19.1. The number of amides is 2. The van der Waals surface area contributed by atoms with Crippen molar-refractivity contribution in [3.63, 3.8) is 0 Å². The van der Waals surface area contributed by atoms with Crippen LogP contribution >= 0.6 is 0 Å². The normalized spacial score (nSPS) is 14.0. The monoisotopic (exact) mass is 356 g/mol. The standard InChI is InChI=1S/C20H21FN2O3/c21-17-8-4-7-15-11-12-23(19(15)17)20(26)22-16(9-10-18(24)25)13-14-5-2-1-3-6-14/h1-8,16H,9-13H2,(H,22,26)(H,24,25). The van der Waals surface area contributed by atoms with Crippen LogP contribution in [0.25, 0.3) is 0 Å². The van der Waals surface area contributed by atoms with Crippen LogP contribution in [0.15, 0.2) is 48.5 Å². The zero-order chi connectivity index (χ0) is 18.5. The molecule has 1 aliphatic heterocycles. The number of nitrogens with zero attached hydrogens (tertiary/aromatic N) is 1. The summed E-state index contributed by atoms with van der Waals surface area (Å²) < 4.78 is 14.1. The fourth-order valence-electron chi connectivity index (χ4n) is 3.29. The molecule has 2 amide bonds.